The topological polar surface area (TPSA) is 79.8 Å². The van der Waals surface area contributed by atoms with Crippen molar-refractivity contribution in [3.63, 3.8) is 0 Å². The molecule has 2 N–H and O–H groups in total. The van der Waals surface area contributed by atoms with Gasteiger partial charge in [0.2, 0.25) is 0 Å². The molecule has 0 bridgehead atoms. The minimum Gasteiger partial charge on any atom is -0.489 e. The van der Waals surface area contributed by atoms with Gasteiger partial charge >= 0.3 is 11.8 Å². The summed E-state index contributed by atoms with van der Waals surface area (Å²) in [6.45, 7) is 4.73. The lowest BCUT2D eigenvalue weighted by Crippen LogP contribution is -2.39. The summed E-state index contributed by atoms with van der Waals surface area (Å²) in [5.41, 5.74) is 3.93. The maximum atomic E-state index is 11.6. The van der Waals surface area contributed by atoms with Crippen LogP contribution in [0, 0.1) is 5.92 Å². The third-order valence-corrected chi connectivity index (χ3v) is 3.69. The van der Waals surface area contributed by atoms with Gasteiger partial charge in [0.25, 0.3) is 0 Å². The monoisotopic (exact) mass is 387 g/mol. The number of benzene rings is 2. The molecular weight excluding hydrogens is 366 g/mol. The van der Waals surface area contributed by atoms with Gasteiger partial charge in [-0.25, -0.2) is 5.43 Å². The normalized spacial score (nSPS) is 10.8. The molecule has 2 rings (SSSR count). The van der Waals surface area contributed by atoms with E-state index in [1.54, 1.807) is 6.07 Å². The Morgan fingerprint density at radius 3 is 2.59 bits per heavy atom. The van der Waals surface area contributed by atoms with Crippen LogP contribution < -0.4 is 15.5 Å². The predicted molar refractivity (Wildman–Crippen MR) is 106 cm³/mol. The van der Waals surface area contributed by atoms with Crippen LogP contribution in [0.5, 0.6) is 5.75 Å². The number of rotatable bonds is 7. The molecule has 2 amide bonds. The highest BCUT2D eigenvalue weighted by Crippen LogP contribution is 2.15. The van der Waals surface area contributed by atoms with E-state index in [9.17, 15) is 9.59 Å². The second kappa shape index (κ2) is 10.3. The van der Waals surface area contributed by atoms with E-state index in [1.165, 1.54) is 6.21 Å². The van der Waals surface area contributed by atoms with E-state index in [2.05, 4.69) is 15.8 Å². The van der Waals surface area contributed by atoms with Gasteiger partial charge in [0.05, 0.1) is 6.21 Å². The summed E-state index contributed by atoms with van der Waals surface area (Å²) in [5.74, 6) is -0.585. The molecule has 142 valence electrons. The SMILES string of the molecule is CC(C)CNC(=O)C(=O)N/N=C\c1cccc(OCc2ccc(Cl)cc2)c1. The first-order chi connectivity index (χ1) is 12.9. The van der Waals surface area contributed by atoms with E-state index in [4.69, 9.17) is 16.3 Å². The molecule has 0 aliphatic carbocycles. The first kappa shape index (κ1) is 20.5. The van der Waals surface area contributed by atoms with Crippen molar-refractivity contribution in [2.75, 3.05) is 6.54 Å². The molecule has 0 saturated carbocycles. The average Bonchev–Trinajstić information content (AvgIpc) is 2.66. The quantitative estimate of drug-likeness (QED) is 0.435. The molecule has 0 saturated heterocycles. The molecule has 0 spiro atoms. The maximum Gasteiger partial charge on any atom is 0.329 e. The molecule has 0 aliphatic heterocycles. The van der Waals surface area contributed by atoms with Crippen molar-refractivity contribution >= 4 is 29.6 Å². The second-order valence-electron chi connectivity index (χ2n) is 6.29. The van der Waals surface area contributed by atoms with Crippen molar-refractivity contribution < 1.29 is 14.3 Å². The minimum atomic E-state index is -0.804. The van der Waals surface area contributed by atoms with E-state index in [1.807, 2.05) is 56.3 Å². The van der Waals surface area contributed by atoms with Crippen molar-refractivity contribution in [3.8, 4) is 5.75 Å². The summed E-state index contributed by atoms with van der Waals surface area (Å²) in [5, 5.41) is 7.00. The van der Waals surface area contributed by atoms with Crippen molar-refractivity contribution in [1.29, 1.82) is 0 Å². The van der Waals surface area contributed by atoms with Gasteiger partial charge in [0, 0.05) is 11.6 Å². The lowest BCUT2D eigenvalue weighted by Gasteiger charge is -2.07. The van der Waals surface area contributed by atoms with Crippen LogP contribution in [0.4, 0.5) is 0 Å². The molecule has 27 heavy (non-hydrogen) atoms. The third-order valence-electron chi connectivity index (χ3n) is 3.43. The molecule has 2 aromatic carbocycles. The molecule has 0 unspecified atom stereocenters. The zero-order valence-corrected chi connectivity index (χ0v) is 16.0. The summed E-state index contributed by atoms with van der Waals surface area (Å²) in [4.78, 5) is 23.2. The molecule has 2 aromatic rings. The first-order valence-electron chi connectivity index (χ1n) is 8.52. The fourth-order valence-corrected chi connectivity index (χ4v) is 2.15. The first-order valence-corrected chi connectivity index (χ1v) is 8.90. The van der Waals surface area contributed by atoms with Crippen LogP contribution in [-0.2, 0) is 16.2 Å². The Morgan fingerprint density at radius 2 is 1.89 bits per heavy atom. The minimum absolute atomic E-state index is 0.265. The Morgan fingerprint density at radius 1 is 1.15 bits per heavy atom. The van der Waals surface area contributed by atoms with E-state index >= 15 is 0 Å². The highest BCUT2D eigenvalue weighted by molar-refractivity contribution is 6.35. The highest BCUT2D eigenvalue weighted by Gasteiger charge is 2.12. The third kappa shape index (κ3) is 7.50. The Kier molecular flexibility index (Phi) is 7.82. The van der Waals surface area contributed by atoms with Gasteiger partial charge in [-0.1, -0.05) is 49.7 Å². The number of halogens is 1. The van der Waals surface area contributed by atoms with Crippen molar-refractivity contribution in [2.45, 2.75) is 20.5 Å². The van der Waals surface area contributed by atoms with Gasteiger partial charge in [0.1, 0.15) is 12.4 Å². The Labute approximate surface area is 163 Å². The molecule has 0 radical (unpaired) electrons. The average molecular weight is 388 g/mol. The molecule has 0 fully saturated rings. The molecule has 7 heteroatoms. The largest absolute Gasteiger partial charge is 0.489 e. The number of ether oxygens (including phenoxy) is 1. The Balaban J connectivity index is 1.85. The van der Waals surface area contributed by atoms with E-state index < -0.39 is 11.8 Å². The number of nitrogens with one attached hydrogen (secondary N) is 2. The zero-order chi connectivity index (χ0) is 19.6. The van der Waals surface area contributed by atoms with E-state index in [0.717, 1.165) is 11.1 Å². The van der Waals surface area contributed by atoms with Crippen LogP contribution >= 0.6 is 11.6 Å². The molecule has 0 atom stereocenters. The summed E-state index contributed by atoms with van der Waals surface area (Å²) in [6, 6.07) is 14.6. The van der Waals surface area contributed by atoms with Crippen LogP contribution in [0.15, 0.2) is 53.6 Å². The summed E-state index contributed by atoms with van der Waals surface area (Å²) in [7, 11) is 0. The number of carbonyl (C=O) groups is 2. The summed E-state index contributed by atoms with van der Waals surface area (Å²) >= 11 is 5.86. The molecule has 6 nitrogen and oxygen atoms in total. The van der Waals surface area contributed by atoms with Crippen molar-refractivity contribution in [1.82, 2.24) is 10.7 Å². The fourth-order valence-electron chi connectivity index (χ4n) is 2.03. The van der Waals surface area contributed by atoms with Gasteiger partial charge in [0.15, 0.2) is 0 Å². The van der Waals surface area contributed by atoms with Gasteiger partial charge in [-0.15, -0.1) is 0 Å². The highest BCUT2D eigenvalue weighted by atomic mass is 35.5. The molecular formula is C20H22ClN3O3. The number of carbonyl (C=O) groups excluding carboxylic acids is 2. The van der Waals surface area contributed by atoms with Crippen molar-refractivity contribution in [3.05, 3.63) is 64.7 Å². The number of amides is 2. The van der Waals surface area contributed by atoms with Crippen LogP contribution in [0.3, 0.4) is 0 Å². The van der Waals surface area contributed by atoms with Gasteiger partial charge in [-0.05, 0) is 41.3 Å². The zero-order valence-electron chi connectivity index (χ0n) is 15.2. The van der Waals surface area contributed by atoms with Gasteiger partial charge in [-0.2, -0.15) is 5.10 Å². The van der Waals surface area contributed by atoms with Crippen LogP contribution in [0.2, 0.25) is 5.02 Å². The Bertz CT molecular complexity index is 804. The lowest BCUT2D eigenvalue weighted by atomic mass is 10.2. The van der Waals surface area contributed by atoms with Gasteiger partial charge < -0.3 is 10.1 Å². The summed E-state index contributed by atoms with van der Waals surface area (Å²) in [6.07, 6.45) is 1.45. The standard InChI is InChI=1S/C20H22ClN3O3/c1-14(2)11-22-19(25)20(26)24-23-12-16-4-3-5-18(10-16)27-13-15-6-8-17(21)9-7-15/h3-10,12,14H,11,13H2,1-2H3,(H,22,25)(H,24,26)/b23-12-. The predicted octanol–water partition coefficient (Wildman–Crippen LogP) is 3.14. The number of hydrogen-bond acceptors (Lipinski definition) is 4. The van der Waals surface area contributed by atoms with Crippen LogP contribution in [-0.4, -0.2) is 24.6 Å². The van der Waals surface area contributed by atoms with Crippen LogP contribution in [0.1, 0.15) is 25.0 Å². The number of nitrogens with zero attached hydrogens (tertiary/aromatic N) is 1. The molecule has 0 heterocycles. The molecule has 0 aliphatic rings. The number of hydrazone groups is 1. The smallest absolute Gasteiger partial charge is 0.329 e. The maximum absolute atomic E-state index is 11.6. The van der Waals surface area contributed by atoms with Gasteiger partial charge in [-0.3, -0.25) is 9.59 Å². The fraction of sp³-hybridized carbons (Fsp3) is 0.250. The van der Waals surface area contributed by atoms with Crippen molar-refractivity contribution in [2.24, 2.45) is 11.0 Å². The molecule has 0 aromatic heterocycles. The van der Waals surface area contributed by atoms with E-state index in [0.29, 0.717) is 23.9 Å². The second-order valence-corrected chi connectivity index (χ2v) is 6.73. The summed E-state index contributed by atoms with van der Waals surface area (Å²) < 4.78 is 5.74. The number of hydrogen-bond donors (Lipinski definition) is 2. The van der Waals surface area contributed by atoms with Crippen LogP contribution in [0.25, 0.3) is 0 Å². The Hall–Kier alpha value is -2.86. The lowest BCUT2D eigenvalue weighted by molar-refractivity contribution is -0.139. The van der Waals surface area contributed by atoms with E-state index in [-0.39, 0.29) is 5.92 Å².